The lowest BCUT2D eigenvalue weighted by molar-refractivity contribution is -0.144. The van der Waals surface area contributed by atoms with Crippen molar-refractivity contribution in [2.75, 3.05) is 13.1 Å². The highest BCUT2D eigenvalue weighted by atomic mass is 16.4. The van der Waals surface area contributed by atoms with E-state index < -0.39 is 17.4 Å². The summed E-state index contributed by atoms with van der Waals surface area (Å²) in [7, 11) is 0. The predicted octanol–water partition coefficient (Wildman–Crippen LogP) is 2.04. The number of carbonyl (C=O) groups excluding carboxylic acids is 1. The minimum absolute atomic E-state index is 0.0946. The number of para-hydroxylation sites is 1. The first-order chi connectivity index (χ1) is 13.4. The second-order valence-electron chi connectivity index (χ2n) is 7.97. The maximum atomic E-state index is 11.8. The molecule has 7 heteroatoms. The maximum Gasteiger partial charge on any atom is 0.309 e. The van der Waals surface area contributed by atoms with Gasteiger partial charge in [0, 0.05) is 37.3 Å². The zero-order valence-electron chi connectivity index (χ0n) is 16.3. The Hall–Kier alpha value is -2.67. The number of carbonyl (C=O) groups is 2. The van der Waals surface area contributed by atoms with Gasteiger partial charge in [0.15, 0.2) is 0 Å². The van der Waals surface area contributed by atoms with E-state index in [4.69, 9.17) is 5.10 Å². The fourth-order valence-corrected chi connectivity index (χ4v) is 4.65. The third kappa shape index (κ3) is 3.20. The molecule has 1 aromatic heterocycles. The number of carboxylic acid groups (broad SMARTS) is 1. The van der Waals surface area contributed by atoms with Gasteiger partial charge in [0.05, 0.1) is 22.8 Å². The topological polar surface area (TPSA) is 87.5 Å². The lowest BCUT2D eigenvalue weighted by Crippen LogP contribution is -2.55. The Balaban J connectivity index is 1.48. The number of piperidine rings is 1. The Labute approximate surface area is 164 Å². The fourth-order valence-electron chi connectivity index (χ4n) is 4.65. The van der Waals surface area contributed by atoms with Crippen molar-refractivity contribution in [3.63, 3.8) is 0 Å². The van der Waals surface area contributed by atoms with Crippen LogP contribution in [0.25, 0.3) is 5.69 Å². The number of nitrogens with one attached hydrogen (secondary N) is 1. The molecule has 2 aliphatic rings. The number of aromatic nitrogens is 2. The molecule has 0 bridgehead atoms. The number of aryl methyl sites for hydroxylation is 1. The summed E-state index contributed by atoms with van der Waals surface area (Å²) < 4.78 is 1.98. The lowest BCUT2D eigenvalue weighted by atomic mass is 9.77. The first-order valence-electron chi connectivity index (χ1n) is 9.76. The van der Waals surface area contributed by atoms with Gasteiger partial charge in [0.2, 0.25) is 5.91 Å². The van der Waals surface area contributed by atoms with Crippen LogP contribution in [0.15, 0.2) is 30.3 Å². The highest BCUT2D eigenvalue weighted by Crippen LogP contribution is 2.37. The van der Waals surface area contributed by atoms with Crippen LogP contribution in [0.5, 0.6) is 0 Å². The van der Waals surface area contributed by atoms with Gasteiger partial charge in [0.25, 0.3) is 0 Å². The second-order valence-corrected chi connectivity index (χ2v) is 7.97. The molecular formula is C21H26N4O3. The minimum Gasteiger partial charge on any atom is -0.481 e. The number of hydrogen-bond donors (Lipinski definition) is 2. The number of carboxylic acids is 1. The molecule has 1 aromatic carbocycles. The quantitative estimate of drug-likeness (QED) is 0.845. The summed E-state index contributed by atoms with van der Waals surface area (Å²) in [6.07, 6.45) is 1.43. The van der Waals surface area contributed by atoms with Gasteiger partial charge in [-0.05, 0) is 38.8 Å². The van der Waals surface area contributed by atoms with Crippen molar-refractivity contribution in [1.82, 2.24) is 20.0 Å². The summed E-state index contributed by atoms with van der Waals surface area (Å²) in [4.78, 5) is 25.8. The SMILES string of the molecule is Cc1nn(-c2ccccc2)c(C)c1CN1CCC2(CC1)NC(=O)C[C@H]2C(=O)O. The van der Waals surface area contributed by atoms with Crippen LogP contribution in [0.2, 0.25) is 0 Å². The number of amides is 1. The first kappa shape index (κ1) is 18.7. The van der Waals surface area contributed by atoms with Crippen molar-refractivity contribution >= 4 is 11.9 Å². The number of nitrogens with zero attached hydrogens (tertiary/aromatic N) is 3. The van der Waals surface area contributed by atoms with Crippen molar-refractivity contribution in [2.24, 2.45) is 5.92 Å². The largest absolute Gasteiger partial charge is 0.481 e. The average Bonchev–Trinajstić information content (AvgIpc) is 3.15. The molecule has 0 saturated carbocycles. The molecule has 1 amide bonds. The predicted molar refractivity (Wildman–Crippen MR) is 104 cm³/mol. The van der Waals surface area contributed by atoms with Crippen LogP contribution in [-0.4, -0.2) is 50.3 Å². The third-order valence-electron chi connectivity index (χ3n) is 6.31. The van der Waals surface area contributed by atoms with E-state index in [9.17, 15) is 14.7 Å². The Morgan fingerprint density at radius 3 is 2.57 bits per heavy atom. The Morgan fingerprint density at radius 2 is 1.93 bits per heavy atom. The number of aliphatic carboxylic acids is 1. The van der Waals surface area contributed by atoms with Crippen molar-refractivity contribution < 1.29 is 14.7 Å². The molecule has 3 heterocycles. The van der Waals surface area contributed by atoms with Crippen LogP contribution in [0.1, 0.15) is 36.2 Å². The molecule has 0 radical (unpaired) electrons. The van der Waals surface area contributed by atoms with E-state index in [-0.39, 0.29) is 12.3 Å². The van der Waals surface area contributed by atoms with Crippen molar-refractivity contribution in [3.05, 3.63) is 47.3 Å². The maximum absolute atomic E-state index is 11.8. The molecule has 1 spiro atoms. The molecule has 0 aliphatic carbocycles. The molecule has 7 nitrogen and oxygen atoms in total. The van der Waals surface area contributed by atoms with Crippen LogP contribution >= 0.6 is 0 Å². The first-order valence-corrected chi connectivity index (χ1v) is 9.76. The smallest absolute Gasteiger partial charge is 0.309 e. The summed E-state index contributed by atoms with van der Waals surface area (Å²) in [5.41, 5.74) is 3.81. The normalized spacial score (nSPS) is 21.8. The van der Waals surface area contributed by atoms with Gasteiger partial charge in [-0.3, -0.25) is 14.5 Å². The highest BCUT2D eigenvalue weighted by Gasteiger charge is 2.51. The standard InChI is InChI=1S/C21H26N4O3/c1-14-17(15(2)25(23-14)16-6-4-3-5-7-16)13-24-10-8-21(9-11-24)18(20(27)28)12-19(26)22-21/h3-7,18H,8-13H2,1-2H3,(H,22,26)(H,27,28)/t18-/m0/s1. The van der Waals surface area contributed by atoms with E-state index in [1.54, 1.807) is 0 Å². The second kappa shape index (κ2) is 7.05. The van der Waals surface area contributed by atoms with Gasteiger partial charge in [0.1, 0.15) is 0 Å². The van der Waals surface area contributed by atoms with Gasteiger partial charge in [-0.2, -0.15) is 5.10 Å². The zero-order chi connectivity index (χ0) is 19.9. The highest BCUT2D eigenvalue weighted by molar-refractivity contribution is 5.88. The van der Waals surface area contributed by atoms with Crippen LogP contribution in [0.4, 0.5) is 0 Å². The van der Waals surface area contributed by atoms with Crippen LogP contribution in [0, 0.1) is 19.8 Å². The molecule has 0 unspecified atom stereocenters. The summed E-state index contributed by atoms with van der Waals surface area (Å²) in [6.45, 7) is 6.43. The van der Waals surface area contributed by atoms with E-state index >= 15 is 0 Å². The molecule has 4 rings (SSSR count). The lowest BCUT2D eigenvalue weighted by Gasteiger charge is -2.41. The van der Waals surface area contributed by atoms with Gasteiger partial charge < -0.3 is 10.4 Å². The molecule has 2 aromatic rings. The van der Waals surface area contributed by atoms with Gasteiger partial charge in [-0.25, -0.2) is 4.68 Å². The number of rotatable bonds is 4. The number of benzene rings is 1. The summed E-state index contributed by atoms with van der Waals surface area (Å²) >= 11 is 0. The van der Waals surface area contributed by atoms with E-state index in [0.717, 1.165) is 36.7 Å². The molecular weight excluding hydrogens is 356 g/mol. The molecule has 28 heavy (non-hydrogen) atoms. The molecule has 2 aliphatic heterocycles. The Bertz CT molecular complexity index is 898. The van der Waals surface area contributed by atoms with E-state index in [2.05, 4.69) is 17.1 Å². The average molecular weight is 382 g/mol. The zero-order valence-corrected chi connectivity index (χ0v) is 16.3. The number of hydrogen-bond acceptors (Lipinski definition) is 4. The third-order valence-corrected chi connectivity index (χ3v) is 6.31. The van der Waals surface area contributed by atoms with E-state index in [1.165, 1.54) is 5.56 Å². The van der Waals surface area contributed by atoms with Crippen molar-refractivity contribution in [2.45, 2.75) is 45.2 Å². The monoisotopic (exact) mass is 382 g/mol. The molecule has 1 atom stereocenters. The van der Waals surface area contributed by atoms with Gasteiger partial charge >= 0.3 is 5.97 Å². The Kier molecular flexibility index (Phi) is 4.71. The summed E-state index contributed by atoms with van der Waals surface area (Å²) in [6, 6.07) is 10.1. The molecule has 2 saturated heterocycles. The molecule has 2 N–H and O–H groups in total. The van der Waals surface area contributed by atoms with Gasteiger partial charge in [-0.15, -0.1) is 0 Å². The van der Waals surface area contributed by atoms with E-state index in [0.29, 0.717) is 12.8 Å². The van der Waals surface area contributed by atoms with E-state index in [1.807, 2.05) is 41.9 Å². The van der Waals surface area contributed by atoms with Gasteiger partial charge in [-0.1, -0.05) is 18.2 Å². The van der Waals surface area contributed by atoms with Crippen LogP contribution in [-0.2, 0) is 16.1 Å². The summed E-state index contributed by atoms with van der Waals surface area (Å²) in [5.74, 6) is -1.63. The number of likely N-dealkylation sites (tertiary alicyclic amines) is 1. The van der Waals surface area contributed by atoms with Crippen molar-refractivity contribution in [1.29, 1.82) is 0 Å². The fraction of sp³-hybridized carbons (Fsp3) is 0.476. The molecule has 2 fully saturated rings. The Morgan fingerprint density at radius 1 is 1.25 bits per heavy atom. The van der Waals surface area contributed by atoms with Crippen LogP contribution in [0.3, 0.4) is 0 Å². The van der Waals surface area contributed by atoms with Crippen molar-refractivity contribution in [3.8, 4) is 5.69 Å². The minimum atomic E-state index is -0.873. The summed E-state index contributed by atoms with van der Waals surface area (Å²) in [5, 5.41) is 17.2. The molecule has 148 valence electrons. The van der Waals surface area contributed by atoms with Crippen LogP contribution < -0.4 is 5.32 Å².